The number of nitrogens with zero attached hydrogens (tertiary/aromatic N) is 4. The maximum absolute atomic E-state index is 13.9. The number of halogens is 1. The van der Waals surface area contributed by atoms with Crippen LogP contribution in [0.5, 0.6) is 11.6 Å². The lowest BCUT2D eigenvalue weighted by Gasteiger charge is -2.40. The highest BCUT2D eigenvalue weighted by Gasteiger charge is 2.29. The highest BCUT2D eigenvalue weighted by atomic mass is 19.1. The number of anilines is 1. The van der Waals surface area contributed by atoms with Crippen molar-refractivity contribution < 1.29 is 13.9 Å². The zero-order valence-corrected chi connectivity index (χ0v) is 17.7. The van der Waals surface area contributed by atoms with Crippen molar-refractivity contribution >= 4 is 11.7 Å². The van der Waals surface area contributed by atoms with Gasteiger partial charge in [-0.25, -0.2) is 14.4 Å². The summed E-state index contributed by atoms with van der Waals surface area (Å²) in [4.78, 5) is 25.4. The van der Waals surface area contributed by atoms with E-state index in [0.717, 1.165) is 6.42 Å². The van der Waals surface area contributed by atoms with Crippen LogP contribution in [-0.2, 0) is 6.42 Å². The molecule has 1 aliphatic rings. The summed E-state index contributed by atoms with van der Waals surface area (Å²) < 4.78 is 19.5. The number of piperazine rings is 1. The highest BCUT2D eigenvalue weighted by molar-refractivity contribution is 5.94. The topological polar surface area (TPSA) is 58.6 Å². The molecule has 0 saturated carbocycles. The second-order valence-electron chi connectivity index (χ2n) is 7.59. The zero-order chi connectivity index (χ0) is 21.8. The fourth-order valence-electron chi connectivity index (χ4n) is 3.72. The molecule has 0 aliphatic carbocycles. The van der Waals surface area contributed by atoms with E-state index >= 15 is 0 Å². The van der Waals surface area contributed by atoms with E-state index in [4.69, 9.17) is 4.74 Å². The van der Waals surface area contributed by atoms with Crippen LogP contribution in [0.2, 0.25) is 0 Å². The summed E-state index contributed by atoms with van der Waals surface area (Å²) in [5.74, 6) is 0.673. The van der Waals surface area contributed by atoms with E-state index in [1.807, 2.05) is 36.1 Å². The van der Waals surface area contributed by atoms with Gasteiger partial charge in [-0.3, -0.25) is 4.79 Å². The number of para-hydroxylation sites is 1. The lowest BCUT2D eigenvalue weighted by Crippen LogP contribution is -2.54. The average molecular weight is 420 g/mol. The van der Waals surface area contributed by atoms with E-state index in [-0.39, 0.29) is 23.6 Å². The summed E-state index contributed by atoms with van der Waals surface area (Å²) in [6, 6.07) is 15.7. The molecular formula is C24H25FN4O2. The molecule has 3 aromatic rings. The third-order valence-corrected chi connectivity index (χ3v) is 5.50. The minimum Gasteiger partial charge on any atom is -0.436 e. The second-order valence-corrected chi connectivity index (χ2v) is 7.59. The van der Waals surface area contributed by atoms with Crippen LogP contribution in [0.3, 0.4) is 0 Å². The van der Waals surface area contributed by atoms with Gasteiger partial charge in [0.2, 0.25) is 5.88 Å². The monoisotopic (exact) mass is 420 g/mol. The number of hydrogen-bond acceptors (Lipinski definition) is 5. The van der Waals surface area contributed by atoms with Crippen LogP contribution < -0.4 is 9.64 Å². The Morgan fingerprint density at radius 2 is 1.90 bits per heavy atom. The number of carbonyl (C=O) groups is 1. The molecule has 1 aromatic heterocycles. The Kier molecular flexibility index (Phi) is 6.11. The number of amides is 1. The predicted molar refractivity (Wildman–Crippen MR) is 117 cm³/mol. The Morgan fingerprint density at radius 3 is 2.61 bits per heavy atom. The molecule has 0 unspecified atom stereocenters. The maximum atomic E-state index is 13.9. The van der Waals surface area contributed by atoms with E-state index in [1.54, 1.807) is 24.3 Å². The van der Waals surface area contributed by atoms with Crippen molar-refractivity contribution in [3.63, 3.8) is 0 Å². The standard InChI is InChI=1S/C24H25FN4O2/c1-3-18-8-10-19(11-9-18)24(30)29-13-12-28(15-17(29)2)22-14-23(27-16-26-22)31-21-7-5-4-6-20(21)25/h4-11,14,16-17H,3,12-13,15H2,1-2H3/t17-/m1/s1. The third kappa shape index (κ3) is 4.66. The Bertz CT molecular complexity index is 1060. The van der Waals surface area contributed by atoms with Gasteiger partial charge < -0.3 is 14.5 Å². The molecule has 0 radical (unpaired) electrons. The molecule has 1 fully saturated rings. The number of aromatic nitrogens is 2. The fourth-order valence-corrected chi connectivity index (χ4v) is 3.72. The first-order chi connectivity index (χ1) is 15.0. The van der Waals surface area contributed by atoms with Crippen molar-refractivity contribution in [2.75, 3.05) is 24.5 Å². The number of aryl methyl sites for hydroxylation is 1. The van der Waals surface area contributed by atoms with E-state index in [9.17, 15) is 9.18 Å². The number of benzene rings is 2. The van der Waals surface area contributed by atoms with Gasteiger partial charge in [-0.15, -0.1) is 0 Å². The molecule has 0 N–H and O–H groups in total. The molecule has 1 aliphatic heterocycles. The van der Waals surface area contributed by atoms with Gasteiger partial charge in [0.05, 0.1) is 0 Å². The fraction of sp³-hybridized carbons (Fsp3) is 0.292. The van der Waals surface area contributed by atoms with Crippen molar-refractivity contribution in [3.05, 3.63) is 77.9 Å². The van der Waals surface area contributed by atoms with Gasteiger partial charge in [0, 0.05) is 37.3 Å². The van der Waals surface area contributed by atoms with Gasteiger partial charge >= 0.3 is 0 Å². The van der Waals surface area contributed by atoms with Crippen LogP contribution in [0.1, 0.15) is 29.8 Å². The van der Waals surface area contributed by atoms with Crippen molar-refractivity contribution in [1.82, 2.24) is 14.9 Å². The van der Waals surface area contributed by atoms with E-state index in [1.165, 1.54) is 18.0 Å². The lowest BCUT2D eigenvalue weighted by atomic mass is 10.1. The molecule has 31 heavy (non-hydrogen) atoms. The third-order valence-electron chi connectivity index (χ3n) is 5.50. The van der Waals surface area contributed by atoms with Crippen LogP contribution >= 0.6 is 0 Å². The number of hydrogen-bond donors (Lipinski definition) is 0. The van der Waals surface area contributed by atoms with Crippen LogP contribution in [0.25, 0.3) is 0 Å². The van der Waals surface area contributed by atoms with Crippen LogP contribution in [0.15, 0.2) is 60.9 Å². The summed E-state index contributed by atoms with van der Waals surface area (Å²) in [6.07, 6.45) is 2.36. The maximum Gasteiger partial charge on any atom is 0.254 e. The summed E-state index contributed by atoms with van der Waals surface area (Å²) in [6.45, 7) is 5.98. The van der Waals surface area contributed by atoms with Crippen LogP contribution in [0.4, 0.5) is 10.2 Å². The number of rotatable bonds is 5. The van der Waals surface area contributed by atoms with Gasteiger partial charge in [-0.05, 0) is 43.2 Å². The minimum atomic E-state index is -0.449. The molecule has 1 amide bonds. The van der Waals surface area contributed by atoms with Gasteiger partial charge in [0.25, 0.3) is 5.91 Å². The molecule has 1 saturated heterocycles. The van der Waals surface area contributed by atoms with E-state index < -0.39 is 5.82 Å². The Hall–Kier alpha value is -3.48. The first kappa shape index (κ1) is 20.8. The number of carbonyl (C=O) groups excluding carboxylic acids is 1. The lowest BCUT2D eigenvalue weighted by molar-refractivity contribution is 0.0673. The molecular weight excluding hydrogens is 395 g/mol. The molecule has 0 spiro atoms. The molecule has 1 atom stereocenters. The summed E-state index contributed by atoms with van der Waals surface area (Å²) in [5, 5.41) is 0. The van der Waals surface area contributed by atoms with Gasteiger partial charge in [-0.1, -0.05) is 31.2 Å². The molecule has 0 bridgehead atoms. The molecule has 6 nitrogen and oxygen atoms in total. The first-order valence-electron chi connectivity index (χ1n) is 10.4. The van der Waals surface area contributed by atoms with Gasteiger partial charge in [0.15, 0.2) is 11.6 Å². The molecule has 2 aromatic carbocycles. The van der Waals surface area contributed by atoms with Gasteiger partial charge in [-0.2, -0.15) is 0 Å². The quantitative estimate of drug-likeness (QED) is 0.615. The zero-order valence-electron chi connectivity index (χ0n) is 17.7. The first-order valence-corrected chi connectivity index (χ1v) is 10.4. The van der Waals surface area contributed by atoms with Crippen LogP contribution in [-0.4, -0.2) is 46.5 Å². The smallest absolute Gasteiger partial charge is 0.254 e. The van der Waals surface area contributed by atoms with Gasteiger partial charge in [0.1, 0.15) is 12.1 Å². The van der Waals surface area contributed by atoms with Crippen LogP contribution in [0, 0.1) is 5.82 Å². The molecule has 4 rings (SSSR count). The summed E-state index contributed by atoms with van der Waals surface area (Å²) >= 11 is 0. The Morgan fingerprint density at radius 1 is 1.13 bits per heavy atom. The minimum absolute atomic E-state index is 0.0120. The predicted octanol–water partition coefficient (Wildman–Crippen LogP) is 4.32. The molecule has 2 heterocycles. The number of ether oxygens (including phenoxy) is 1. The largest absolute Gasteiger partial charge is 0.436 e. The second kappa shape index (κ2) is 9.12. The van der Waals surface area contributed by atoms with Crippen molar-refractivity contribution in [2.24, 2.45) is 0 Å². The summed E-state index contributed by atoms with van der Waals surface area (Å²) in [5.41, 5.74) is 1.92. The average Bonchev–Trinajstić information content (AvgIpc) is 2.80. The van der Waals surface area contributed by atoms with Crippen molar-refractivity contribution in [1.29, 1.82) is 0 Å². The van der Waals surface area contributed by atoms with E-state index in [0.29, 0.717) is 31.0 Å². The normalized spacial score (nSPS) is 16.3. The van der Waals surface area contributed by atoms with Crippen molar-refractivity contribution in [3.8, 4) is 11.6 Å². The molecule has 160 valence electrons. The Balaban J connectivity index is 1.43. The molecule has 7 heteroatoms. The van der Waals surface area contributed by atoms with E-state index in [2.05, 4.69) is 21.8 Å². The highest BCUT2D eigenvalue weighted by Crippen LogP contribution is 2.26. The SMILES string of the molecule is CCc1ccc(C(=O)N2CCN(c3cc(Oc4ccccc4F)ncn3)C[C@H]2C)cc1. The Labute approximate surface area is 181 Å². The van der Waals surface area contributed by atoms with Crippen molar-refractivity contribution in [2.45, 2.75) is 26.3 Å². The summed E-state index contributed by atoms with van der Waals surface area (Å²) in [7, 11) is 0.